The highest BCUT2D eigenvalue weighted by Crippen LogP contribution is 2.22. The molecule has 0 fully saturated rings. The van der Waals surface area contributed by atoms with E-state index in [4.69, 9.17) is 5.73 Å². The summed E-state index contributed by atoms with van der Waals surface area (Å²) < 4.78 is 2.27. The zero-order valence-corrected chi connectivity index (χ0v) is 10.2. The summed E-state index contributed by atoms with van der Waals surface area (Å²) in [7, 11) is 1.73. The molecule has 82 valence electrons. The third kappa shape index (κ3) is 1.86. The Morgan fingerprint density at radius 2 is 2.19 bits per heavy atom. The number of hydrogen-bond acceptors (Lipinski definition) is 3. The molecule has 0 spiro atoms. The third-order valence-corrected chi connectivity index (χ3v) is 2.98. The lowest BCUT2D eigenvalue weighted by Crippen LogP contribution is -2.09. The minimum atomic E-state index is -0.0980. The number of carbonyl (C=O) groups excluding carboxylic acids is 1. The molecule has 0 amide bonds. The monoisotopic (exact) mass is 279 g/mol. The van der Waals surface area contributed by atoms with Crippen LogP contribution in [0.1, 0.15) is 16.1 Å². The molecule has 0 aliphatic rings. The van der Waals surface area contributed by atoms with Gasteiger partial charge in [-0.2, -0.15) is 5.10 Å². The number of anilines is 1. The molecule has 1 aromatic heterocycles. The molecule has 4 nitrogen and oxygen atoms in total. The number of carbonyl (C=O) groups is 1. The van der Waals surface area contributed by atoms with Gasteiger partial charge in [0, 0.05) is 29.0 Å². The zero-order valence-electron chi connectivity index (χ0n) is 8.64. The van der Waals surface area contributed by atoms with Gasteiger partial charge in [0.2, 0.25) is 5.78 Å². The molecule has 0 atom stereocenters. The van der Waals surface area contributed by atoms with Crippen LogP contribution in [0.5, 0.6) is 0 Å². The predicted octanol–water partition coefficient (Wildman–Crippen LogP) is 2.00. The molecule has 2 rings (SSSR count). The van der Waals surface area contributed by atoms with Gasteiger partial charge in [-0.25, -0.2) is 0 Å². The van der Waals surface area contributed by atoms with Crippen LogP contribution in [0.2, 0.25) is 0 Å². The van der Waals surface area contributed by atoms with Crippen molar-refractivity contribution >= 4 is 27.4 Å². The van der Waals surface area contributed by atoms with Crippen molar-refractivity contribution in [1.82, 2.24) is 9.78 Å². The minimum absolute atomic E-state index is 0.0980. The molecule has 2 aromatic rings. The number of hydrogen-bond donors (Lipinski definition) is 1. The van der Waals surface area contributed by atoms with E-state index in [0.717, 1.165) is 4.47 Å². The second-order valence-corrected chi connectivity index (χ2v) is 4.26. The number of aryl methyl sites for hydroxylation is 1. The van der Waals surface area contributed by atoms with E-state index in [1.165, 1.54) is 4.68 Å². The Bertz CT molecular complexity index is 548. The van der Waals surface area contributed by atoms with Gasteiger partial charge in [-0.3, -0.25) is 9.48 Å². The Morgan fingerprint density at radius 1 is 1.44 bits per heavy atom. The van der Waals surface area contributed by atoms with E-state index in [9.17, 15) is 4.79 Å². The summed E-state index contributed by atoms with van der Waals surface area (Å²) in [6.07, 6.45) is 1.59. The molecule has 1 aromatic carbocycles. The summed E-state index contributed by atoms with van der Waals surface area (Å²) in [4.78, 5) is 12.2. The van der Waals surface area contributed by atoms with Gasteiger partial charge in [-0.1, -0.05) is 15.9 Å². The Labute approximate surface area is 101 Å². The van der Waals surface area contributed by atoms with Crippen LogP contribution in [-0.2, 0) is 7.05 Å². The van der Waals surface area contributed by atoms with Gasteiger partial charge in [0.05, 0.1) is 0 Å². The maximum atomic E-state index is 12.2. The van der Waals surface area contributed by atoms with Crippen molar-refractivity contribution in [2.24, 2.45) is 7.05 Å². The maximum absolute atomic E-state index is 12.2. The lowest BCUT2D eigenvalue weighted by molar-refractivity contribution is 0.102. The maximum Gasteiger partial charge on any atom is 0.212 e. The molecule has 0 bridgehead atoms. The molecule has 2 N–H and O–H groups in total. The van der Waals surface area contributed by atoms with Crippen LogP contribution >= 0.6 is 15.9 Å². The van der Waals surface area contributed by atoms with Gasteiger partial charge in [-0.15, -0.1) is 0 Å². The van der Waals surface area contributed by atoms with E-state index in [1.54, 1.807) is 37.5 Å². The second-order valence-electron chi connectivity index (χ2n) is 3.41. The number of nitrogens with two attached hydrogens (primary N) is 1. The van der Waals surface area contributed by atoms with Crippen LogP contribution in [0.15, 0.2) is 34.9 Å². The number of ketones is 1. The Morgan fingerprint density at radius 3 is 2.81 bits per heavy atom. The van der Waals surface area contributed by atoms with Gasteiger partial charge >= 0.3 is 0 Å². The van der Waals surface area contributed by atoms with Crippen molar-refractivity contribution in [2.75, 3.05) is 5.73 Å². The van der Waals surface area contributed by atoms with Crippen LogP contribution in [-0.4, -0.2) is 15.6 Å². The standard InChI is InChI=1S/C11H10BrN3O/c1-15-10(4-5-14-15)11(16)8-6-7(13)2-3-9(8)12/h2-6H,13H2,1H3. The Balaban J connectivity index is 2.49. The lowest BCUT2D eigenvalue weighted by Gasteiger charge is -2.05. The zero-order chi connectivity index (χ0) is 11.7. The summed E-state index contributed by atoms with van der Waals surface area (Å²) in [6.45, 7) is 0. The van der Waals surface area contributed by atoms with Crippen molar-refractivity contribution in [3.8, 4) is 0 Å². The number of aromatic nitrogens is 2. The average Bonchev–Trinajstić information content (AvgIpc) is 2.67. The quantitative estimate of drug-likeness (QED) is 0.676. The molecule has 16 heavy (non-hydrogen) atoms. The Kier molecular flexibility index (Phi) is 2.78. The molecule has 0 aliphatic carbocycles. The highest BCUT2D eigenvalue weighted by Gasteiger charge is 2.15. The first kappa shape index (κ1) is 10.9. The highest BCUT2D eigenvalue weighted by atomic mass is 79.9. The van der Waals surface area contributed by atoms with Crippen LogP contribution < -0.4 is 5.73 Å². The number of nitrogen functional groups attached to an aromatic ring is 1. The summed E-state index contributed by atoms with van der Waals surface area (Å²) in [6, 6.07) is 6.83. The van der Waals surface area contributed by atoms with E-state index in [-0.39, 0.29) is 5.78 Å². The molecule has 0 aliphatic heterocycles. The van der Waals surface area contributed by atoms with Crippen LogP contribution in [0.25, 0.3) is 0 Å². The highest BCUT2D eigenvalue weighted by molar-refractivity contribution is 9.10. The summed E-state index contributed by atoms with van der Waals surface area (Å²) in [5.74, 6) is -0.0980. The van der Waals surface area contributed by atoms with Gasteiger partial charge in [-0.05, 0) is 24.3 Å². The molecular weight excluding hydrogens is 270 g/mol. The topological polar surface area (TPSA) is 60.9 Å². The molecule has 5 heteroatoms. The van der Waals surface area contributed by atoms with Crippen molar-refractivity contribution in [2.45, 2.75) is 0 Å². The van der Waals surface area contributed by atoms with Crippen molar-refractivity contribution in [1.29, 1.82) is 0 Å². The van der Waals surface area contributed by atoms with Gasteiger partial charge < -0.3 is 5.73 Å². The first-order valence-corrected chi connectivity index (χ1v) is 5.46. The predicted molar refractivity (Wildman–Crippen MR) is 65.2 cm³/mol. The van der Waals surface area contributed by atoms with E-state index < -0.39 is 0 Å². The molecule has 0 radical (unpaired) electrons. The molecule has 0 saturated carbocycles. The number of nitrogens with zero attached hydrogens (tertiary/aromatic N) is 2. The van der Waals surface area contributed by atoms with Gasteiger partial charge in [0.25, 0.3) is 0 Å². The van der Waals surface area contributed by atoms with E-state index in [2.05, 4.69) is 21.0 Å². The fraction of sp³-hybridized carbons (Fsp3) is 0.0909. The van der Waals surface area contributed by atoms with E-state index in [1.807, 2.05) is 0 Å². The lowest BCUT2D eigenvalue weighted by atomic mass is 10.1. The number of halogens is 1. The average molecular weight is 280 g/mol. The van der Waals surface area contributed by atoms with E-state index >= 15 is 0 Å². The van der Waals surface area contributed by atoms with Crippen LogP contribution in [0.4, 0.5) is 5.69 Å². The first-order chi connectivity index (χ1) is 7.59. The molecule has 1 heterocycles. The SMILES string of the molecule is Cn1nccc1C(=O)c1cc(N)ccc1Br. The molecule has 0 unspecified atom stereocenters. The largest absolute Gasteiger partial charge is 0.399 e. The normalized spacial score (nSPS) is 10.4. The van der Waals surface area contributed by atoms with Crippen LogP contribution in [0.3, 0.4) is 0 Å². The van der Waals surface area contributed by atoms with Gasteiger partial charge in [0.15, 0.2) is 0 Å². The van der Waals surface area contributed by atoms with Crippen molar-refractivity contribution < 1.29 is 4.79 Å². The third-order valence-electron chi connectivity index (χ3n) is 2.29. The Hall–Kier alpha value is -1.62. The number of rotatable bonds is 2. The summed E-state index contributed by atoms with van der Waals surface area (Å²) in [5.41, 5.74) is 7.30. The van der Waals surface area contributed by atoms with Crippen molar-refractivity contribution in [3.63, 3.8) is 0 Å². The van der Waals surface area contributed by atoms with Crippen molar-refractivity contribution in [3.05, 3.63) is 46.2 Å². The summed E-state index contributed by atoms with van der Waals surface area (Å²) >= 11 is 3.34. The fourth-order valence-corrected chi connectivity index (χ4v) is 1.88. The second kappa shape index (κ2) is 4.09. The van der Waals surface area contributed by atoms with Crippen LogP contribution in [0, 0.1) is 0 Å². The molecule has 0 saturated heterocycles. The fourth-order valence-electron chi connectivity index (χ4n) is 1.45. The summed E-state index contributed by atoms with van der Waals surface area (Å²) in [5, 5.41) is 3.96. The minimum Gasteiger partial charge on any atom is -0.399 e. The smallest absolute Gasteiger partial charge is 0.212 e. The first-order valence-electron chi connectivity index (χ1n) is 4.67. The number of benzene rings is 1. The molecular formula is C11H10BrN3O. The van der Waals surface area contributed by atoms with Gasteiger partial charge in [0.1, 0.15) is 5.69 Å². The van der Waals surface area contributed by atoms with E-state index in [0.29, 0.717) is 16.9 Å².